The molecule has 0 spiro atoms. The second-order valence-electron chi connectivity index (χ2n) is 6.40. The highest BCUT2D eigenvalue weighted by Gasteiger charge is 2.27. The standard InChI is InChI=1S/C16H24N2O5S2/c19-24(20,17-10-9-14-4-3-13-23-14)15-5-7-16(8-6-15)25(21,22)18-11-1-2-12-18/h5-8,14,17H,1-4,9-13H2. The lowest BCUT2D eigenvalue weighted by molar-refractivity contribution is 0.105. The van der Waals surface area contributed by atoms with Crippen molar-refractivity contribution in [2.75, 3.05) is 26.2 Å². The number of sulfonamides is 2. The lowest BCUT2D eigenvalue weighted by Crippen LogP contribution is -2.28. The van der Waals surface area contributed by atoms with E-state index in [0.717, 1.165) is 32.3 Å². The van der Waals surface area contributed by atoms with E-state index in [9.17, 15) is 16.8 Å². The maximum atomic E-state index is 12.5. The Morgan fingerprint density at radius 1 is 1.00 bits per heavy atom. The van der Waals surface area contributed by atoms with Crippen LogP contribution in [0.1, 0.15) is 32.1 Å². The van der Waals surface area contributed by atoms with Gasteiger partial charge in [-0.2, -0.15) is 4.31 Å². The summed E-state index contributed by atoms with van der Waals surface area (Å²) >= 11 is 0. The third-order valence-electron chi connectivity index (χ3n) is 4.62. The Morgan fingerprint density at radius 2 is 1.64 bits per heavy atom. The molecule has 1 unspecified atom stereocenters. The number of nitrogens with one attached hydrogen (secondary N) is 1. The minimum absolute atomic E-state index is 0.0696. The van der Waals surface area contributed by atoms with Crippen molar-refractivity contribution in [1.82, 2.24) is 9.03 Å². The highest BCUT2D eigenvalue weighted by Crippen LogP contribution is 2.22. The Labute approximate surface area is 149 Å². The molecule has 1 aromatic rings. The van der Waals surface area contributed by atoms with Gasteiger partial charge in [-0.05, 0) is 56.4 Å². The summed E-state index contributed by atoms with van der Waals surface area (Å²) in [4.78, 5) is 0.202. The average molecular weight is 389 g/mol. The topological polar surface area (TPSA) is 92.8 Å². The molecule has 3 rings (SSSR count). The van der Waals surface area contributed by atoms with E-state index in [0.29, 0.717) is 26.1 Å². The van der Waals surface area contributed by atoms with Crippen LogP contribution in [-0.2, 0) is 24.8 Å². The van der Waals surface area contributed by atoms with Crippen molar-refractivity contribution in [3.05, 3.63) is 24.3 Å². The molecule has 0 saturated carbocycles. The van der Waals surface area contributed by atoms with Gasteiger partial charge in [0.05, 0.1) is 15.9 Å². The van der Waals surface area contributed by atoms with Crippen LogP contribution in [0.4, 0.5) is 0 Å². The largest absolute Gasteiger partial charge is 0.378 e. The van der Waals surface area contributed by atoms with Crippen molar-refractivity contribution in [2.24, 2.45) is 0 Å². The van der Waals surface area contributed by atoms with Gasteiger partial charge in [-0.3, -0.25) is 0 Å². The highest BCUT2D eigenvalue weighted by molar-refractivity contribution is 7.89. The molecule has 0 amide bonds. The van der Waals surface area contributed by atoms with E-state index in [1.54, 1.807) is 0 Å². The minimum atomic E-state index is -3.65. The molecular formula is C16H24N2O5S2. The van der Waals surface area contributed by atoms with Crippen LogP contribution in [0, 0.1) is 0 Å². The van der Waals surface area contributed by atoms with Gasteiger partial charge in [-0.25, -0.2) is 21.6 Å². The molecule has 1 atom stereocenters. The van der Waals surface area contributed by atoms with Crippen LogP contribution in [0.15, 0.2) is 34.1 Å². The minimum Gasteiger partial charge on any atom is -0.378 e. The van der Waals surface area contributed by atoms with Gasteiger partial charge in [0, 0.05) is 26.2 Å². The lowest BCUT2D eigenvalue weighted by atomic mass is 10.2. The monoisotopic (exact) mass is 388 g/mol. The molecule has 0 aromatic heterocycles. The molecule has 9 heteroatoms. The lowest BCUT2D eigenvalue weighted by Gasteiger charge is -2.16. The van der Waals surface area contributed by atoms with E-state index in [1.807, 2.05) is 0 Å². The van der Waals surface area contributed by atoms with Crippen LogP contribution in [-0.4, -0.2) is 53.5 Å². The quantitative estimate of drug-likeness (QED) is 0.760. The van der Waals surface area contributed by atoms with Crippen molar-refractivity contribution in [1.29, 1.82) is 0 Å². The van der Waals surface area contributed by atoms with Gasteiger partial charge < -0.3 is 4.74 Å². The van der Waals surface area contributed by atoms with Crippen LogP contribution in [0.3, 0.4) is 0 Å². The summed E-state index contributed by atoms with van der Waals surface area (Å²) in [6.45, 7) is 2.09. The Morgan fingerprint density at radius 3 is 2.24 bits per heavy atom. The predicted molar refractivity (Wildman–Crippen MR) is 93.2 cm³/mol. The Kier molecular flexibility index (Phi) is 5.79. The molecule has 2 fully saturated rings. The summed E-state index contributed by atoms with van der Waals surface area (Å²) in [5.74, 6) is 0. The van der Waals surface area contributed by atoms with Gasteiger partial charge in [0.1, 0.15) is 0 Å². The summed E-state index contributed by atoms with van der Waals surface area (Å²) in [5, 5.41) is 0. The average Bonchev–Trinajstić information content (AvgIpc) is 3.29. The number of ether oxygens (including phenoxy) is 1. The summed E-state index contributed by atoms with van der Waals surface area (Å²) < 4.78 is 59.0. The van der Waals surface area contributed by atoms with E-state index < -0.39 is 20.0 Å². The van der Waals surface area contributed by atoms with Crippen molar-refractivity contribution >= 4 is 20.0 Å². The van der Waals surface area contributed by atoms with E-state index in [4.69, 9.17) is 4.74 Å². The summed E-state index contributed by atoms with van der Waals surface area (Å²) in [7, 11) is -7.17. The zero-order valence-corrected chi connectivity index (χ0v) is 15.7. The maximum Gasteiger partial charge on any atom is 0.243 e. The number of nitrogens with zero attached hydrogens (tertiary/aromatic N) is 1. The third-order valence-corrected chi connectivity index (χ3v) is 8.01. The molecule has 2 saturated heterocycles. The van der Waals surface area contributed by atoms with Crippen LogP contribution in [0.5, 0.6) is 0 Å². The van der Waals surface area contributed by atoms with Crippen molar-refractivity contribution in [3.8, 4) is 0 Å². The first-order valence-corrected chi connectivity index (χ1v) is 11.5. The van der Waals surface area contributed by atoms with Gasteiger partial charge in [-0.15, -0.1) is 0 Å². The molecule has 7 nitrogen and oxygen atoms in total. The normalized spacial score (nSPS) is 22.5. The zero-order valence-electron chi connectivity index (χ0n) is 14.1. The van der Waals surface area contributed by atoms with Crippen LogP contribution >= 0.6 is 0 Å². The van der Waals surface area contributed by atoms with Crippen molar-refractivity contribution in [2.45, 2.75) is 48.0 Å². The summed E-state index contributed by atoms with van der Waals surface area (Å²) in [6.07, 6.45) is 4.46. The SMILES string of the molecule is O=S(=O)(NCCC1CCCO1)c1ccc(S(=O)(=O)N2CCCC2)cc1. The fourth-order valence-electron chi connectivity index (χ4n) is 3.18. The van der Waals surface area contributed by atoms with E-state index in [-0.39, 0.29) is 15.9 Å². The molecule has 1 aromatic carbocycles. The molecule has 140 valence electrons. The fourth-order valence-corrected chi connectivity index (χ4v) is 5.74. The van der Waals surface area contributed by atoms with Gasteiger partial charge in [0.2, 0.25) is 20.0 Å². The highest BCUT2D eigenvalue weighted by atomic mass is 32.2. The smallest absolute Gasteiger partial charge is 0.243 e. The molecule has 2 aliphatic rings. The first-order valence-electron chi connectivity index (χ1n) is 8.61. The van der Waals surface area contributed by atoms with Gasteiger partial charge in [0.25, 0.3) is 0 Å². The van der Waals surface area contributed by atoms with E-state index >= 15 is 0 Å². The van der Waals surface area contributed by atoms with Crippen LogP contribution in [0.2, 0.25) is 0 Å². The molecule has 0 aliphatic carbocycles. The maximum absolute atomic E-state index is 12.5. The molecule has 2 aliphatic heterocycles. The Bertz CT molecular complexity index is 778. The first kappa shape index (κ1) is 18.8. The zero-order chi connectivity index (χ0) is 17.9. The van der Waals surface area contributed by atoms with Crippen molar-refractivity contribution in [3.63, 3.8) is 0 Å². The van der Waals surface area contributed by atoms with Crippen molar-refractivity contribution < 1.29 is 21.6 Å². The number of hydrogen-bond donors (Lipinski definition) is 1. The second kappa shape index (κ2) is 7.71. The molecular weight excluding hydrogens is 364 g/mol. The van der Waals surface area contributed by atoms with E-state index in [2.05, 4.69) is 4.72 Å². The first-order chi connectivity index (χ1) is 11.9. The number of benzene rings is 1. The molecule has 25 heavy (non-hydrogen) atoms. The Hall–Kier alpha value is -1.00. The molecule has 0 radical (unpaired) electrons. The van der Waals surface area contributed by atoms with Gasteiger partial charge in [-0.1, -0.05) is 0 Å². The molecule has 2 heterocycles. The fraction of sp³-hybridized carbons (Fsp3) is 0.625. The van der Waals surface area contributed by atoms with E-state index in [1.165, 1.54) is 28.6 Å². The van der Waals surface area contributed by atoms with Gasteiger partial charge in [0.15, 0.2) is 0 Å². The Balaban J connectivity index is 1.64. The molecule has 0 bridgehead atoms. The van der Waals surface area contributed by atoms with Crippen LogP contribution < -0.4 is 4.72 Å². The third kappa shape index (κ3) is 4.40. The summed E-state index contributed by atoms with van der Waals surface area (Å²) in [5.41, 5.74) is 0. The molecule has 1 N–H and O–H groups in total. The predicted octanol–water partition coefficient (Wildman–Crippen LogP) is 1.32. The summed E-state index contributed by atoms with van der Waals surface area (Å²) in [6, 6.07) is 5.42. The number of rotatable bonds is 7. The number of hydrogen-bond acceptors (Lipinski definition) is 5. The van der Waals surface area contributed by atoms with Crippen LogP contribution in [0.25, 0.3) is 0 Å². The second-order valence-corrected chi connectivity index (χ2v) is 10.1. The van der Waals surface area contributed by atoms with Gasteiger partial charge >= 0.3 is 0 Å².